The Balaban J connectivity index is 1.74. The molecule has 0 saturated carbocycles. The Kier molecular flexibility index (Phi) is 4.73. The van der Waals surface area contributed by atoms with Crippen LogP contribution in [-0.4, -0.2) is 31.2 Å². The molecule has 1 aromatic carbocycles. The van der Waals surface area contributed by atoms with E-state index >= 15 is 0 Å². The summed E-state index contributed by atoms with van der Waals surface area (Å²) in [6.45, 7) is 2.51. The SMILES string of the molecule is Cc1ccc(S(=O)(=O)N2CCC[C@H]2C(=O)NCc2ccco2)cc1. The van der Waals surface area contributed by atoms with Crippen molar-refractivity contribution in [2.45, 2.75) is 37.2 Å². The lowest BCUT2D eigenvalue weighted by Crippen LogP contribution is -2.45. The fourth-order valence-electron chi connectivity index (χ4n) is 2.84. The van der Waals surface area contributed by atoms with E-state index < -0.39 is 16.1 Å². The second kappa shape index (κ2) is 6.78. The average Bonchev–Trinajstić information content (AvgIpc) is 3.24. The molecule has 1 fully saturated rings. The van der Waals surface area contributed by atoms with Gasteiger partial charge in [-0.2, -0.15) is 4.31 Å². The normalized spacial score (nSPS) is 18.6. The molecule has 0 unspecified atom stereocenters. The first-order valence-corrected chi connectivity index (χ1v) is 9.31. The molecule has 6 nitrogen and oxygen atoms in total. The Morgan fingerprint density at radius 3 is 2.71 bits per heavy atom. The van der Waals surface area contributed by atoms with Crippen LogP contribution in [0.5, 0.6) is 0 Å². The molecule has 2 heterocycles. The molecule has 0 radical (unpaired) electrons. The Bertz CT molecular complexity index is 798. The molecule has 1 amide bonds. The number of sulfonamides is 1. The van der Waals surface area contributed by atoms with E-state index in [1.54, 1.807) is 36.4 Å². The summed E-state index contributed by atoms with van der Waals surface area (Å²) < 4.78 is 32.1. The maximum absolute atomic E-state index is 12.8. The van der Waals surface area contributed by atoms with Crippen LogP contribution in [0.1, 0.15) is 24.2 Å². The van der Waals surface area contributed by atoms with Crippen LogP contribution in [-0.2, 0) is 21.4 Å². The molecule has 2 aromatic rings. The van der Waals surface area contributed by atoms with Crippen LogP contribution < -0.4 is 5.32 Å². The molecule has 1 atom stereocenters. The molecule has 24 heavy (non-hydrogen) atoms. The van der Waals surface area contributed by atoms with E-state index in [0.717, 1.165) is 5.56 Å². The monoisotopic (exact) mass is 348 g/mol. The van der Waals surface area contributed by atoms with Crippen LogP contribution >= 0.6 is 0 Å². The predicted octanol–water partition coefficient (Wildman–Crippen LogP) is 2.06. The smallest absolute Gasteiger partial charge is 0.243 e. The molecule has 0 spiro atoms. The maximum atomic E-state index is 12.8. The Morgan fingerprint density at radius 2 is 2.04 bits per heavy atom. The van der Waals surface area contributed by atoms with Crippen molar-refractivity contribution in [3.05, 3.63) is 54.0 Å². The van der Waals surface area contributed by atoms with Gasteiger partial charge in [0.2, 0.25) is 15.9 Å². The molecule has 1 N–H and O–H groups in total. The summed E-state index contributed by atoms with van der Waals surface area (Å²) in [6, 6.07) is 9.51. The number of nitrogens with zero attached hydrogens (tertiary/aromatic N) is 1. The van der Waals surface area contributed by atoms with Gasteiger partial charge in [-0.25, -0.2) is 8.42 Å². The van der Waals surface area contributed by atoms with Crippen molar-refractivity contribution >= 4 is 15.9 Å². The molecular weight excluding hydrogens is 328 g/mol. The zero-order chi connectivity index (χ0) is 17.2. The number of amides is 1. The van der Waals surface area contributed by atoms with Gasteiger partial charge in [-0.1, -0.05) is 17.7 Å². The minimum Gasteiger partial charge on any atom is -0.467 e. The van der Waals surface area contributed by atoms with Gasteiger partial charge < -0.3 is 9.73 Å². The second-order valence-electron chi connectivity index (χ2n) is 5.88. The third kappa shape index (κ3) is 3.37. The van der Waals surface area contributed by atoms with E-state index in [0.29, 0.717) is 25.1 Å². The molecule has 1 aliphatic rings. The number of hydrogen-bond acceptors (Lipinski definition) is 4. The van der Waals surface area contributed by atoms with Crippen LogP contribution in [0.2, 0.25) is 0 Å². The molecule has 1 aromatic heterocycles. The second-order valence-corrected chi connectivity index (χ2v) is 7.77. The zero-order valence-corrected chi connectivity index (χ0v) is 14.3. The number of rotatable bonds is 5. The van der Waals surface area contributed by atoms with E-state index in [1.165, 1.54) is 10.6 Å². The van der Waals surface area contributed by atoms with Crippen LogP contribution in [0.25, 0.3) is 0 Å². The van der Waals surface area contributed by atoms with Crippen molar-refractivity contribution in [1.29, 1.82) is 0 Å². The molecular formula is C17H20N2O4S. The van der Waals surface area contributed by atoms with Gasteiger partial charge >= 0.3 is 0 Å². The maximum Gasteiger partial charge on any atom is 0.243 e. The number of benzene rings is 1. The van der Waals surface area contributed by atoms with Crippen molar-refractivity contribution < 1.29 is 17.6 Å². The highest BCUT2D eigenvalue weighted by Gasteiger charge is 2.39. The van der Waals surface area contributed by atoms with Crippen molar-refractivity contribution in [3.8, 4) is 0 Å². The summed E-state index contributed by atoms with van der Waals surface area (Å²) in [5.74, 6) is 0.342. The molecule has 1 aliphatic heterocycles. The van der Waals surface area contributed by atoms with Gasteiger partial charge in [0.1, 0.15) is 11.8 Å². The summed E-state index contributed by atoms with van der Waals surface area (Å²) in [7, 11) is -3.67. The van der Waals surface area contributed by atoms with Crippen LogP contribution in [0.4, 0.5) is 0 Å². The predicted molar refractivity (Wildman–Crippen MR) is 88.6 cm³/mol. The Labute approximate surface area is 141 Å². The van der Waals surface area contributed by atoms with E-state index in [4.69, 9.17) is 4.42 Å². The van der Waals surface area contributed by atoms with E-state index in [-0.39, 0.29) is 17.3 Å². The van der Waals surface area contributed by atoms with E-state index in [9.17, 15) is 13.2 Å². The number of furan rings is 1. The minimum atomic E-state index is -3.67. The lowest BCUT2D eigenvalue weighted by atomic mass is 10.2. The summed E-state index contributed by atoms with van der Waals surface area (Å²) >= 11 is 0. The molecule has 0 aliphatic carbocycles. The standard InChI is InChI=1S/C17H20N2O4S/c1-13-6-8-15(9-7-13)24(21,22)19-10-2-5-16(19)17(20)18-12-14-4-3-11-23-14/h3-4,6-9,11,16H,2,5,10,12H2,1H3,(H,18,20)/t16-/m0/s1. The van der Waals surface area contributed by atoms with E-state index in [2.05, 4.69) is 5.32 Å². The van der Waals surface area contributed by atoms with Gasteiger partial charge in [0, 0.05) is 6.54 Å². The van der Waals surface area contributed by atoms with Gasteiger partial charge in [0.15, 0.2) is 0 Å². The highest BCUT2D eigenvalue weighted by molar-refractivity contribution is 7.89. The first-order chi connectivity index (χ1) is 11.5. The quantitative estimate of drug-likeness (QED) is 0.897. The lowest BCUT2D eigenvalue weighted by Gasteiger charge is -2.23. The van der Waals surface area contributed by atoms with Crippen LogP contribution in [0.3, 0.4) is 0 Å². The molecule has 7 heteroatoms. The van der Waals surface area contributed by atoms with Gasteiger partial charge in [-0.15, -0.1) is 0 Å². The number of nitrogens with one attached hydrogen (secondary N) is 1. The average molecular weight is 348 g/mol. The third-order valence-corrected chi connectivity index (χ3v) is 6.07. The summed E-state index contributed by atoms with van der Waals surface area (Å²) in [4.78, 5) is 12.6. The van der Waals surface area contributed by atoms with Crippen LogP contribution in [0.15, 0.2) is 52.0 Å². The van der Waals surface area contributed by atoms with Gasteiger partial charge in [-0.3, -0.25) is 4.79 Å². The summed E-state index contributed by atoms with van der Waals surface area (Å²) in [6.07, 6.45) is 2.73. The highest BCUT2D eigenvalue weighted by Crippen LogP contribution is 2.26. The molecule has 0 bridgehead atoms. The minimum absolute atomic E-state index is 0.221. The fraction of sp³-hybridized carbons (Fsp3) is 0.353. The lowest BCUT2D eigenvalue weighted by molar-refractivity contribution is -0.124. The highest BCUT2D eigenvalue weighted by atomic mass is 32.2. The number of aryl methyl sites for hydroxylation is 1. The zero-order valence-electron chi connectivity index (χ0n) is 13.4. The Hall–Kier alpha value is -2.12. The topological polar surface area (TPSA) is 79.6 Å². The molecule has 1 saturated heterocycles. The van der Waals surface area contributed by atoms with Crippen molar-refractivity contribution in [1.82, 2.24) is 9.62 Å². The third-order valence-electron chi connectivity index (χ3n) is 4.15. The van der Waals surface area contributed by atoms with Crippen molar-refractivity contribution in [3.63, 3.8) is 0 Å². The fourth-order valence-corrected chi connectivity index (χ4v) is 4.50. The van der Waals surface area contributed by atoms with E-state index in [1.807, 2.05) is 6.92 Å². The molecule has 128 valence electrons. The van der Waals surface area contributed by atoms with Crippen molar-refractivity contribution in [2.24, 2.45) is 0 Å². The Morgan fingerprint density at radius 1 is 1.29 bits per heavy atom. The van der Waals surface area contributed by atoms with Crippen LogP contribution in [0, 0.1) is 6.92 Å². The number of carbonyl (C=O) groups excluding carboxylic acids is 1. The largest absolute Gasteiger partial charge is 0.467 e. The number of carbonyl (C=O) groups is 1. The first kappa shape index (κ1) is 16.7. The summed E-state index contributed by atoms with van der Waals surface area (Å²) in [5.41, 5.74) is 0.989. The number of hydrogen-bond donors (Lipinski definition) is 1. The van der Waals surface area contributed by atoms with Gasteiger partial charge in [-0.05, 0) is 44.0 Å². The van der Waals surface area contributed by atoms with Gasteiger partial charge in [0.25, 0.3) is 0 Å². The molecule has 3 rings (SSSR count). The summed E-state index contributed by atoms with van der Waals surface area (Å²) in [5, 5.41) is 2.75. The first-order valence-electron chi connectivity index (χ1n) is 7.87. The van der Waals surface area contributed by atoms with Crippen molar-refractivity contribution in [2.75, 3.05) is 6.54 Å². The van der Waals surface area contributed by atoms with Gasteiger partial charge in [0.05, 0.1) is 17.7 Å².